The molecule has 57 valence electrons. The van der Waals surface area contributed by atoms with E-state index in [1.165, 1.54) is 6.33 Å². The number of nitrogens with zero attached hydrogens (tertiary/aromatic N) is 2. The van der Waals surface area contributed by atoms with Gasteiger partial charge in [0.05, 0.1) is 5.69 Å². The zero-order chi connectivity index (χ0) is 8.23. The van der Waals surface area contributed by atoms with Gasteiger partial charge in [0.25, 0.3) is 0 Å². The van der Waals surface area contributed by atoms with Crippen LogP contribution in [0.5, 0.6) is 0 Å². The molecule has 12 heavy (non-hydrogen) atoms. The summed E-state index contributed by atoms with van der Waals surface area (Å²) < 4.78 is 0. The van der Waals surface area contributed by atoms with E-state index in [1.807, 2.05) is 30.3 Å². The highest BCUT2D eigenvalue weighted by atomic mass is 14.8. The number of rotatable bonds is 1. The minimum Gasteiger partial charge on any atom is -0.244 e. The fourth-order valence-electron chi connectivity index (χ4n) is 1.01. The summed E-state index contributed by atoms with van der Waals surface area (Å²) in [6, 6.07) is 12.9. The predicted octanol–water partition coefficient (Wildman–Crippen LogP) is 1.94. The van der Waals surface area contributed by atoms with Crippen LogP contribution < -0.4 is 0 Å². The van der Waals surface area contributed by atoms with Crippen molar-refractivity contribution in [2.24, 2.45) is 0 Å². The topological polar surface area (TPSA) is 25.8 Å². The molecule has 1 heterocycles. The van der Waals surface area contributed by atoms with Crippen LogP contribution in [0.15, 0.2) is 42.9 Å². The van der Waals surface area contributed by atoms with Crippen LogP contribution in [0.1, 0.15) is 0 Å². The standard InChI is InChI=1S/C10H7N2/c1-2-4-9(5-3-1)10-6-7-11-8-12-10/h1-5,7-8H. The lowest BCUT2D eigenvalue weighted by Gasteiger charge is -1.96. The summed E-state index contributed by atoms with van der Waals surface area (Å²) in [6.07, 6.45) is 3.15. The number of aromatic nitrogens is 2. The summed E-state index contributed by atoms with van der Waals surface area (Å²) in [4.78, 5) is 7.89. The van der Waals surface area contributed by atoms with Crippen molar-refractivity contribution in [2.75, 3.05) is 0 Å². The van der Waals surface area contributed by atoms with Gasteiger partial charge in [-0.3, -0.25) is 0 Å². The molecular weight excluding hydrogens is 148 g/mol. The van der Waals surface area contributed by atoms with E-state index in [4.69, 9.17) is 0 Å². The average molecular weight is 155 g/mol. The van der Waals surface area contributed by atoms with Gasteiger partial charge in [0.2, 0.25) is 0 Å². The summed E-state index contributed by atoms with van der Waals surface area (Å²) >= 11 is 0. The Morgan fingerprint density at radius 3 is 2.58 bits per heavy atom. The molecule has 2 rings (SSSR count). The highest BCUT2D eigenvalue weighted by Gasteiger charge is 1.94. The first-order chi connectivity index (χ1) is 5.97. The first-order valence-electron chi connectivity index (χ1n) is 3.70. The second-order valence-corrected chi connectivity index (χ2v) is 2.38. The number of hydrogen-bond acceptors (Lipinski definition) is 2. The molecule has 0 bridgehead atoms. The minimum absolute atomic E-state index is 0.839. The molecular formula is C10H7N2. The van der Waals surface area contributed by atoms with Gasteiger partial charge in [-0.15, -0.1) is 0 Å². The summed E-state index contributed by atoms with van der Waals surface area (Å²) in [6.45, 7) is 0. The van der Waals surface area contributed by atoms with Gasteiger partial charge in [-0.2, -0.15) is 0 Å². The van der Waals surface area contributed by atoms with Crippen molar-refractivity contribution in [3.05, 3.63) is 48.9 Å². The average Bonchev–Trinajstić information content (AvgIpc) is 2.21. The van der Waals surface area contributed by atoms with E-state index in [9.17, 15) is 0 Å². The molecule has 0 saturated heterocycles. The fraction of sp³-hybridized carbons (Fsp3) is 0. The molecule has 0 aliphatic carbocycles. The Morgan fingerprint density at radius 2 is 1.92 bits per heavy atom. The molecule has 2 heteroatoms. The Morgan fingerprint density at radius 1 is 1.08 bits per heavy atom. The van der Waals surface area contributed by atoms with E-state index in [0.717, 1.165) is 11.3 Å². The van der Waals surface area contributed by atoms with Crippen LogP contribution in [0, 0.1) is 6.07 Å². The number of benzene rings is 1. The Bertz CT molecular complexity index is 305. The van der Waals surface area contributed by atoms with E-state index in [-0.39, 0.29) is 0 Å². The van der Waals surface area contributed by atoms with Crippen LogP contribution in [0.4, 0.5) is 0 Å². The highest BCUT2D eigenvalue weighted by molar-refractivity contribution is 5.57. The fourth-order valence-corrected chi connectivity index (χ4v) is 1.01. The van der Waals surface area contributed by atoms with E-state index in [1.54, 1.807) is 6.20 Å². The van der Waals surface area contributed by atoms with Crippen molar-refractivity contribution in [1.29, 1.82) is 0 Å². The molecule has 0 aliphatic rings. The van der Waals surface area contributed by atoms with Crippen LogP contribution in [-0.4, -0.2) is 9.97 Å². The lowest BCUT2D eigenvalue weighted by molar-refractivity contribution is 1.17. The van der Waals surface area contributed by atoms with Crippen LogP contribution >= 0.6 is 0 Å². The van der Waals surface area contributed by atoms with Crippen molar-refractivity contribution >= 4 is 0 Å². The van der Waals surface area contributed by atoms with Gasteiger partial charge in [-0.05, 0) is 0 Å². The second kappa shape index (κ2) is 3.13. The first kappa shape index (κ1) is 6.98. The van der Waals surface area contributed by atoms with E-state index in [2.05, 4.69) is 16.0 Å². The van der Waals surface area contributed by atoms with Crippen LogP contribution in [0.3, 0.4) is 0 Å². The van der Waals surface area contributed by atoms with Crippen molar-refractivity contribution in [2.45, 2.75) is 0 Å². The van der Waals surface area contributed by atoms with Crippen LogP contribution in [-0.2, 0) is 0 Å². The maximum absolute atomic E-state index is 4.08. The van der Waals surface area contributed by atoms with Gasteiger partial charge >= 0.3 is 0 Å². The Kier molecular flexibility index (Phi) is 1.82. The molecule has 0 fully saturated rings. The zero-order valence-corrected chi connectivity index (χ0v) is 6.44. The highest BCUT2D eigenvalue weighted by Crippen LogP contribution is 2.13. The third-order valence-corrected chi connectivity index (χ3v) is 1.58. The smallest absolute Gasteiger partial charge is 0.116 e. The van der Waals surface area contributed by atoms with E-state index in [0.29, 0.717) is 0 Å². The largest absolute Gasteiger partial charge is 0.244 e. The molecule has 0 unspecified atom stereocenters. The zero-order valence-electron chi connectivity index (χ0n) is 6.44. The molecule has 1 aromatic heterocycles. The number of hydrogen-bond donors (Lipinski definition) is 0. The maximum Gasteiger partial charge on any atom is 0.116 e. The first-order valence-corrected chi connectivity index (χ1v) is 3.70. The molecule has 0 atom stereocenters. The van der Waals surface area contributed by atoms with Gasteiger partial charge in [0.15, 0.2) is 0 Å². The molecule has 0 N–H and O–H groups in total. The van der Waals surface area contributed by atoms with E-state index < -0.39 is 0 Å². The van der Waals surface area contributed by atoms with Crippen molar-refractivity contribution in [3.63, 3.8) is 0 Å². The Balaban J connectivity index is 2.46. The van der Waals surface area contributed by atoms with Crippen molar-refractivity contribution < 1.29 is 0 Å². The van der Waals surface area contributed by atoms with Crippen LogP contribution in [0.25, 0.3) is 11.3 Å². The summed E-state index contributed by atoms with van der Waals surface area (Å²) in [5.41, 5.74) is 1.91. The third-order valence-electron chi connectivity index (χ3n) is 1.58. The molecule has 0 spiro atoms. The minimum atomic E-state index is 0.839. The Hall–Kier alpha value is -1.70. The SMILES string of the molecule is [c]1cncnc1-c1ccccc1. The lowest BCUT2D eigenvalue weighted by Crippen LogP contribution is -1.82. The van der Waals surface area contributed by atoms with Gasteiger partial charge < -0.3 is 0 Å². The quantitative estimate of drug-likeness (QED) is 0.629. The normalized spacial score (nSPS) is 9.67. The molecule has 2 aromatic rings. The predicted molar refractivity (Wildman–Crippen MR) is 46.3 cm³/mol. The van der Waals surface area contributed by atoms with Crippen molar-refractivity contribution in [3.8, 4) is 11.3 Å². The summed E-state index contributed by atoms with van der Waals surface area (Å²) in [5.74, 6) is 0. The monoisotopic (exact) mass is 155 g/mol. The van der Waals surface area contributed by atoms with Crippen LogP contribution in [0.2, 0.25) is 0 Å². The molecule has 0 amide bonds. The summed E-state index contributed by atoms with van der Waals surface area (Å²) in [5, 5.41) is 0. The molecule has 0 saturated carbocycles. The molecule has 1 aromatic carbocycles. The summed E-state index contributed by atoms with van der Waals surface area (Å²) in [7, 11) is 0. The maximum atomic E-state index is 4.08. The molecule has 0 aliphatic heterocycles. The van der Waals surface area contributed by atoms with E-state index >= 15 is 0 Å². The molecule has 1 radical (unpaired) electrons. The van der Waals surface area contributed by atoms with Crippen molar-refractivity contribution in [1.82, 2.24) is 9.97 Å². The van der Waals surface area contributed by atoms with Gasteiger partial charge in [-0.1, -0.05) is 30.3 Å². The third kappa shape index (κ3) is 1.32. The molecule has 2 nitrogen and oxygen atoms in total. The second-order valence-electron chi connectivity index (χ2n) is 2.38. The van der Waals surface area contributed by atoms with Gasteiger partial charge in [0, 0.05) is 17.8 Å². The van der Waals surface area contributed by atoms with Gasteiger partial charge in [0.1, 0.15) is 6.33 Å². The lowest BCUT2D eigenvalue weighted by atomic mass is 10.1. The van der Waals surface area contributed by atoms with Gasteiger partial charge in [-0.25, -0.2) is 9.97 Å². The Labute approximate surface area is 70.9 Å².